The van der Waals surface area contributed by atoms with Crippen molar-refractivity contribution in [3.8, 4) is 5.75 Å². The number of phenols is 1. The maximum absolute atomic E-state index is 14.4. The molecule has 6 rings (SSSR count). The van der Waals surface area contributed by atoms with Crippen LogP contribution >= 0.6 is 0 Å². The number of Topliss-reactive ketones (excluding diaryl/α,β-unsaturated/α-hetero) is 4. The number of fused-ring (bicyclic) bond motifs is 3. The molecule has 3 aliphatic rings. The van der Waals surface area contributed by atoms with Crippen LogP contribution in [0.4, 0.5) is 5.69 Å². The first-order valence-corrected chi connectivity index (χ1v) is 15.3. The van der Waals surface area contributed by atoms with Gasteiger partial charge in [-0.1, -0.05) is 0 Å². The number of ketones is 4. The molecule has 0 saturated heterocycles. The van der Waals surface area contributed by atoms with Gasteiger partial charge in [-0.3, -0.25) is 44.0 Å². The maximum atomic E-state index is 14.4. The van der Waals surface area contributed by atoms with Crippen LogP contribution in [-0.2, 0) is 45.2 Å². The number of aromatic amines is 2. The number of primary amides is 1. The summed E-state index contributed by atoms with van der Waals surface area (Å²) >= 11 is 0. The van der Waals surface area contributed by atoms with E-state index in [4.69, 9.17) is 5.73 Å². The number of amides is 1. The molecule has 0 bridgehead atoms. The van der Waals surface area contributed by atoms with Crippen LogP contribution in [0.15, 0.2) is 30.6 Å². The van der Waals surface area contributed by atoms with Gasteiger partial charge < -0.3 is 20.8 Å². The summed E-state index contributed by atoms with van der Waals surface area (Å²) in [5, 5.41) is 37.6. The predicted octanol–water partition coefficient (Wildman–Crippen LogP) is -0.418. The average Bonchev–Trinajstić information content (AvgIpc) is 3.70. The molecule has 2 saturated carbocycles. The zero-order valence-corrected chi connectivity index (χ0v) is 26.6. The van der Waals surface area contributed by atoms with Gasteiger partial charge in [-0.15, -0.1) is 0 Å². The SMILES string of the molecule is CN(C)c1cc(CN(Cc2ccn[nH]2)Cc2ccn[nH]2)c(O)c2c1C[C@H]1C[C@H]3[C@H](N(C)C)C(=O)C(C(N)=O)C(=O)[C@@]3(O)C(=O)C1C2=O. The van der Waals surface area contributed by atoms with Crippen molar-refractivity contribution in [1.29, 1.82) is 0 Å². The van der Waals surface area contributed by atoms with Gasteiger partial charge in [0.2, 0.25) is 5.91 Å². The van der Waals surface area contributed by atoms with Crippen LogP contribution in [0.25, 0.3) is 0 Å². The summed E-state index contributed by atoms with van der Waals surface area (Å²) < 4.78 is 0. The molecule has 15 heteroatoms. The van der Waals surface area contributed by atoms with Gasteiger partial charge in [0, 0.05) is 74.7 Å². The summed E-state index contributed by atoms with van der Waals surface area (Å²) in [6.45, 7) is 1.05. The van der Waals surface area contributed by atoms with E-state index in [1.165, 1.54) is 4.90 Å². The summed E-state index contributed by atoms with van der Waals surface area (Å²) in [6.07, 6.45) is 3.44. The highest BCUT2D eigenvalue weighted by Gasteiger charge is 2.69. The molecule has 47 heavy (non-hydrogen) atoms. The number of rotatable bonds is 9. The molecule has 2 heterocycles. The molecule has 6 N–H and O–H groups in total. The molecule has 0 aliphatic heterocycles. The van der Waals surface area contributed by atoms with Gasteiger partial charge in [-0.05, 0) is 56.6 Å². The molecular formula is C32H38N8O7. The molecule has 6 atom stereocenters. The Labute approximate surface area is 270 Å². The van der Waals surface area contributed by atoms with Crippen molar-refractivity contribution in [3.05, 3.63) is 58.7 Å². The standard InChI is InChI=1S/C32H38N8O7/c1-38(2)21-11-16(12-40(13-17-5-7-34-36-17)14-18-6-8-35-37-18)26(41)23-19(21)9-15-10-20-25(39(3)4)28(43)24(31(33)46)30(45)32(20,47)29(44)22(15)27(23)42/h5-8,11,15,20,22,24-25,41,47H,9-10,12-14H2,1-4H3,(H2,33,46)(H,34,36)(H,35,37)/t15-,20-,22?,24?,25-,32-/m0/s1. The topological polar surface area (TPSA) is 219 Å². The van der Waals surface area contributed by atoms with Crippen LogP contribution in [0.5, 0.6) is 5.75 Å². The fourth-order valence-corrected chi connectivity index (χ4v) is 7.86. The number of nitrogens with two attached hydrogens (primary N) is 1. The summed E-state index contributed by atoms with van der Waals surface area (Å²) in [6, 6.07) is 4.33. The van der Waals surface area contributed by atoms with Crippen molar-refractivity contribution in [2.45, 2.75) is 44.1 Å². The predicted molar refractivity (Wildman–Crippen MR) is 166 cm³/mol. The minimum Gasteiger partial charge on any atom is -0.507 e. The summed E-state index contributed by atoms with van der Waals surface area (Å²) in [7, 11) is 6.74. The number of nitrogens with zero attached hydrogens (tertiary/aromatic N) is 5. The molecule has 0 spiro atoms. The van der Waals surface area contributed by atoms with Crippen LogP contribution in [0.1, 0.15) is 39.3 Å². The fraction of sp³-hybridized carbons (Fsp3) is 0.469. The summed E-state index contributed by atoms with van der Waals surface area (Å²) in [4.78, 5) is 73.2. The number of hydrogen-bond donors (Lipinski definition) is 5. The Hall–Kier alpha value is -4.73. The Kier molecular flexibility index (Phi) is 8.10. The number of aromatic hydroxyl groups is 1. The number of likely N-dealkylation sites (N-methyl/N-ethyl adjacent to an activating group) is 1. The third-order valence-electron chi connectivity index (χ3n) is 9.90. The lowest BCUT2D eigenvalue weighted by atomic mass is 9.52. The molecule has 15 nitrogen and oxygen atoms in total. The lowest BCUT2D eigenvalue weighted by Gasteiger charge is -2.52. The molecule has 2 fully saturated rings. The highest BCUT2D eigenvalue weighted by Crippen LogP contribution is 2.52. The van der Waals surface area contributed by atoms with Crippen molar-refractivity contribution >= 4 is 34.7 Å². The normalized spacial score (nSPS) is 27.2. The van der Waals surface area contributed by atoms with Gasteiger partial charge in [-0.25, -0.2) is 0 Å². The number of carbonyl (C=O) groups is 5. The first-order valence-electron chi connectivity index (χ1n) is 15.3. The largest absolute Gasteiger partial charge is 0.507 e. The number of aliphatic hydroxyl groups is 1. The second kappa shape index (κ2) is 11.8. The Bertz CT molecular complexity index is 1720. The number of aromatic nitrogens is 4. The van der Waals surface area contributed by atoms with E-state index in [0.717, 1.165) is 11.4 Å². The molecule has 3 aromatic rings. The van der Waals surface area contributed by atoms with E-state index in [1.54, 1.807) is 26.5 Å². The highest BCUT2D eigenvalue weighted by molar-refractivity contribution is 6.32. The third kappa shape index (κ3) is 5.14. The van der Waals surface area contributed by atoms with E-state index < -0.39 is 64.4 Å². The van der Waals surface area contributed by atoms with Crippen LogP contribution in [0.2, 0.25) is 0 Å². The average molecular weight is 647 g/mol. The highest BCUT2D eigenvalue weighted by atomic mass is 16.3. The van der Waals surface area contributed by atoms with E-state index in [1.807, 2.05) is 42.1 Å². The van der Waals surface area contributed by atoms with E-state index >= 15 is 0 Å². The van der Waals surface area contributed by atoms with E-state index in [2.05, 4.69) is 20.4 Å². The summed E-state index contributed by atoms with van der Waals surface area (Å²) in [5.41, 5.74) is 5.89. The Morgan fingerprint density at radius 3 is 2.13 bits per heavy atom. The minimum absolute atomic E-state index is 0.0125. The maximum Gasteiger partial charge on any atom is 0.235 e. The Balaban J connectivity index is 1.42. The Morgan fingerprint density at radius 2 is 1.62 bits per heavy atom. The van der Waals surface area contributed by atoms with Gasteiger partial charge in [0.1, 0.15) is 5.75 Å². The van der Waals surface area contributed by atoms with Gasteiger partial charge in [0.25, 0.3) is 0 Å². The van der Waals surface area contributed by atoms with E-state index in [-0.39, 0.29) is 30.7 Å². The molecule has 248 valence electrons. The van der Waals surface area contributed by atoms with Crippen LogP contribution in [0.3, 0.4) is 0 Å². The molecule has 1 aromatic carbocycles. The number of H-pyrrole nitrogens is 2. The van der Waals surface area contributed by atoms with Crippen molar-refractivity contribution in [2.75, 3.05) is 33.1 Å². The van der Waals surface area contributed by atoms with Gasteiger partial charge in [-0.2, -0.15) is 10.2 Å². The molecular weight excluding hydrogens is 608 g/mol. The zero-order chi connectivity index (χ0) is 33.9. The smallest absolute Gasteiger partial charge is 0.235 e. The number of hydrogen-bond acceptors (Lipinski definition) is 12. The molecule has 2 aromatic heterocycles. The van der Waals surface area contributed by atoms with Crippen LogP contribution < -0.4 is 10.6 Å². The van der Waals surface area contributed by atoms with Gasteiger partial charge >= 0.3 is 0 Å². The lowest BCUT2D eigenvalue weighted by Crippen LogP contribution is -2.74. The van der Waals surface area contributed by atoms with Crippen LogP contribution in [-0.4, -0.2) is 109 Å². The van der Waals surface area contributed by atoms with Crippen molar-refractivity contribution in [2.24, 2.45) is 29.4 Å². The second-order valence-electron chi connectivity index (χ2n) is 13.2. The second-order valence-corrected chi connectivity index (χ2v) is 13.2. The first kappa shape index (κ1) is 32.2. The van der Waals surface area contributed by atoms with Gasteiger partial charge in [0.15, 0.2) is 34.7 Å². The van der Waals surface area contributed by atoms with Crippen molar-refractivity contribution < 1.29 is 34.2 Å². The van der Waals surface area contributed by atoms with Crippen molar-refractivity contribution in [3.63, 3.8) is 0 Å². The van der Waals surface area contributed by atoms with Crippen molar-refractivity contribution in [1.82, 2.24) is 30.2 Å². The number of nitrogens with one attached hydrogen (secondary N) is 2. The number of phenolic OH excluding ortho intramolecular Hbond substituents is 1. The fourth-order valence-electron chi connectivity index (χ4n) is 7.86. The minimum atomic E-state index is -2.78. The van der Waals surface area contributed by atoms with Crippen LogP contribution in [0, 0.1) is 23.7 Å². The monoisotopic (exact) mass is 646 g/mol. The number of anilines is 1. The first-order chi connectivity index (χ1) is 22.2. The zero-order valence-electron chi connectivity index (χ0n) is 26.6. The molecule has 0 radical (unpaired) electrons. The quantitative estimate of drug-likeness (QED) is 0.187. The molecule has 2 unspecified atom stereocenters. The Morgan fingerprint density at radius 1 is 1.00 bits per heavy atom. The lowest BCUT2D eigenvalue weighted by molar-refractivity contribution is -0.181. The van der Waals surface area contributed by atoms with Gasteiger partial charge in [0.05, 0.1) is 17.5 Å². The molecule has 3 aliphatic carbocycles. The number of benzene rings is 1. The van der Waals surface area contributed by atoms with E-state index in [9.17, 15) is 34.2 Å². The third-order valence-corrected chi connectivity index (χ3v) is 9.90. The molecule has 1 amide bonds. The van der Waals surface area contributed by atoms with E-state index in [0.29, 0.717) is 29.9 Å². The number of carbonyl (C=O) groups excluding carboxylic acids is 5. The summed E-state index contributed by atoms with van der Waals surface area (Å²) in [5.74, 6) is -10.8.